The van der Waals surface area contributed by atoms with Gasteiger partial charge in [0.05, 0.1) is 5.75 Å². The molecule has 0 radical (unpaired) electrons. The van der Waals surface area contributed by atoms with E-state index in [9.17, 15) is 8.42 Å². The Morgan fingerprint density at radius 3 is 2.59 bits per heavy atom. The van der Waals surface area contributed by atoms with Gasteiger partial charge in [0.2, 0.25) is 10.0 Å². The summed E-state index contributed by atoms with van der Waals surface area (Å²) in [7, 11) is -1.38. The van der Waals surface area contributed by atoms with Crippen LogP contribution in [-0.4, -0.2) is 44.7 Å². The first kappa shape index (κ1) is 14.9. The molecule has 1 N–H and O–H groups in total. The fourth-order valence-electron chi connectivity index (χ4n) is 2.25. The first-order chi connectivity index (χ1) is 7.92. The first-order valence-electron chi connectivity index (χ1n) is 6.59. The zero-order valence-corrected chi connectivity index (χ0v) is 12.1. The summed E-state index contributed by atoms with van der Waals surface area (Å²) in [6.45, 7) is 5.72. The van der Waals surface area contributed by atoms with Crippen molar-refractivity contribution >= 4 is 10.0 Å². The maximum atomic E-state index is 12.0. The van der Waals surface area contributed by atoms with Crippen LogP contribution in [-0.2, 0) is 10.0 Å². The molecule has 1 rings (SSSR count). The van der Waals surface area contributed by atoms with Gasteiger partial charge < -0.3 is 5.32 Å². The van der Waals surface area contributed by atoms with E-state index in [4.69, 9.17) is 0 Å². The molecule has 0 aromatic heterocycles. The smallest absolute Gasteiger partial charge is 0.213 e. The highest BCUT2D eigenvalue weighted by atomic mass is 32.2. The lowest BCUT2D eigenvalue weighted by Crippen LogP contribution is -2.38. The van der Waals surface area contributed by atoms with Crippen molar-refractivity contribution in [2.24, 2.45) is 5.92 Å². The monoisotopic (exact) mass is 262 g/mol. The van der Waals surface area contributed by atoms with Crippen LogP contribution < -0.4 is 5.32 Å². The summed E-state index contributed by atoms with van der Waals surface area (Å²) in [4.78, 5) is 0. The third-order valence-corrected chi connectivity index (χ3v) is 5.08. The Morgan fingerprint density at radius 1 is 1.35 bits per heavy atom. The van der Waals surface area contributed by atoms with E-state index in [0.29, 0.717) is 18.5 Å². The van der Waals surface area contributed by atoms with Crippen molar-refractivity contribution in [2.75, 3.05) is 25.9 Å². The van der Waals surface area contributed by atoms with Gasteiger partial charge in [0.25, 0.3) is 0 Å². The van der Waals surface area contributed by atoms with E-state index in [1.165, 1.54) is 17.1 Å². The lowest BCUT2D eigenvalue weighted by Gasteiger charge is -2.25. The molecule has 0 saturated carbocycles. The van der Waals surface area contributed by atoms with Crippen molar-refractivity contribution < 1.29 is 8.42 Å². The van der Waals surface area contributed by atoms with Gasteiger partial charge >= 0.3 is 0 Å². The predicted molar refractivity (Wildman–Crippen MR) is 71.5 cm³/mol. The SMILES string of the molecule is CC(C)CN(C)S(=O)(=O)CCC1CCCCN1. The van der Waals surface area contributed by atoms with E-state index < -0.39 is 10.0 Å². The average Bonchev–Trinajstić information content (AvgIpc) is 2.27. The molecule has 0 amide bonds. The van der Waals surface area contributed by atoms with Gasteiger partial charge in [-0.1, -0.05) is 20.3 Å². The zero-order valence-electron chi connectivity index (χ0n) is 11.3. The number of rotatable bonds is 6. The predicted octanol–water partition coefficient (Wildman–Crippen LogP) is 1.44. The van der Waals surface area contributed by atoms with E-state index >= 15 is 0 Å². The van der Waals surface area contributed by atoms with Crippen LogP contribution >= 0.6 is 0 Å². The minimum Gasteiger partial charge on any atom is -0.314 e. The van der Waals surface area contributed by atoms with Crippen molar-refractivity contribution in [1.82, 2.24) is 9.62 Å². The standard InChI is InChI=1S/C12H26N2O2S/c1-11(2)10-14(3)17(15,16)9-7-12-6-4-5-8-13-12/h11-13H,4-10H2,1-3H3. The van der Waals surface area contributed by atoms with E-state index in [1.807, 2.05) is 13.8 Å². The minimum absolute atomic E-state index is 0.272. The molecule has 1 aliphatic heterocycles. The largest absolute Gasteiger partial charge is 0.314 e. The number of hydrogen-bond donors (Lipinski definition) is 1. The summed E-state index contributed by atoms with van der Waals surface area (Å²) >= 11 is 0. The summed E-state index contributed by atoms with van der Waals surface area (Å²) in [6, 6.07) is 0.394. The topological polar surface area (TPSA) is 49.4 Å². The molecule has 4 nitrogen and oxygen atoms in total. The van der Waals surface area contributed by atoms with Crippen LogP contribution in [0, 0.1) is 5.92 Å². The van der Waals surface area contributed by atoms with Crippen LogP contribution in [0.5, 0.6) is 0 Å². The van der Waals surface area contributed by atoms with E-state index in [2.05, 4.69) is 5.32 Å². The Kier molecular flexibility index (Phi) is 5.89. The summed E-state index contributed by atoms with van der Waals surface area (Å²) in [5, 5.41) is 3.39. The summed E-state index contributed by atoms with van der Waals surface area (Å²) in [5.41, 5.74) is 0. The molecule has 17 heavy (non-hydrogen) atoms. The third-order valence-electron chi connectivity index (χ3n) is 3.23. The van der Waals surface area contributed by atoms with Crippen LogP contribution in [0.3, 0.4) is 0 Å². The van der Waals surface area contributed by atoms with Gasteiger partial charge in [0, 0.05) is 19.6 Å². The summed E-state index contributed by atoms with van der Waals surface area (Å²) < 4.78 is 25.5. The Labute approximate surface area is 106 Å². The molecule has 0 aromatic carbocycles. The molecule has 1 aliphatic rings. The molecule has 1 unspecified atom stereocenters. The average molecular weight is 262 g/mol. The van der Waals surface area contributed by atoms with Crippen molar-refractivity contribution in [2.45, 2.75) is 45.6 Å². The number of sulfonamides is 1. The number of nitrogens with zero attached hydrogens (tertiary/aromatic N) is 1. The van der Waals surface area contributed by atoms with Gasteiger partial charge in [0.1, 0.15) is 0 Å². The maximum absolute atomic E-state index is 12.0. The van der Waals surface area contributed by atoms with Crippen molar-refractivity contribution in [3.05, 3.63) is 0 Å². The molecule has 1 heterocycles. The summed E-state index contributed by atoms with van der Waals surface area (Å²) in [5.74, 6) is 0.649. The van der Waals surface area contributed by atoms with Crippen molar-refractivity contribution in [3.63, 3.8) is 0 Å². The lowest BCUT2D eigenvalue weighted by atomic mass is 10.0. The van der Waals surface area contributed by atoms with Crippen LogP contribution in [0.25, 0.3) is 0 Å². The fourth-order valence-corrected chi connectivity index (χ4v) is 3.66. The van der Waals surface area contributed by atoms with E-state index in [0.717, 1.165) is 19.4 Å². The second kappa shape index (κ2) is 6.71. The van der Waals surface area contributed by atoms with Crippen LogP contribution in [0.2, 0.25) is 0 Å². The summed E-state index contributed by atoms with van der Waals surface area (Å²) in [6.07, 6.45) is 4.30. The van der Waals surface area contributed by atoms with Crippen LogP contribution in [0.4, 0.5) is 0 Å². The molecule has 5 heteroatoms. The first-order valence-corrected chi connectivity index (χ1v) is 8.20. The Hall–Kier alpha value is -0.130. The zero-order chi connectivity index (χ0) is 12.9. The fraction of sp³-hybridized carbons (Fsp3) is 1.00. The third kappa shape index (κ3) is 5.36. The molecule has 0 aromatic rings. The van der Waals surface area contributed by atoms with E-state index in [-0.39, 0.29) is 5.75 Å². The van der Waals surface area contributed by atoms with Gasteiger partial charge in [0.15, 0.2) is 0 Å². The quantitative estimate of drug-likeness (QED) is 0.788. The van der Waals surface area contributed by atoms with Crippen LogP contribution in [0.15, 0.2) is 0 Å². The highest BCUT2D eigenvalue weighted by molar-refractivity contribution is 7.89. The number of piperidine rings is 1. The maximum Gasteiger partial charge on any atom is 0.213 e. The number of hydrogen-bond acceptors (Lipinski definition) is 3. The minimum atomic E-state index is -3.06. The van der Waals surface area contributed by atoms with E-state index in [1.54, 1.807) is 7.05 Å². The number of nitrogens with one attached hydrogen (secondary N) is 1. The Balaban J connectivity index is 2.37. The van der Waals surface area contributed by atoms with Gasteiger partial charge in [-0.05, 0) is 31.7 Å². The molecule has 1 saturated heterocycles. The van der Waals surface area contributed by atoms with Gasteiger partial charge in [-0.25, -0.2) is 12.7 Å². The van der Waals surface area contributed by atoms with Crippen molar-refractivity contribution in [1.29, 1.82) is 0 Å². The molecule has 102 valence electrons. The highest BCUT2D eigenvalue weighted by Gasteiger charge is 2.21. The molecule has 0 bridgehead atoms. The lowest BCUT2D eigenvalue weighted by molar-refractivity contribution is 0.383. The Morgan fingerprint density at radius 2 is 2.06 bits per heavy atom. The van der Waals surface area contributed by atoms with Gasteiger partial charge in [-0.15, -0.1) is 0 Å². The molecular weight excluding hydrogens is 236 g/mol. The van der Waals surface area contributed by atoms with Crippen LogP contribution in [0.1, 0.15) is 39.5 Å². The molecular formula is C12H26N2O2S. The second-order valence-electron chi connectivity index (χ2n) is 5.43. The molecule has 0 aliphatic carbocycles. The normalized spacial score (nSPS) is 22.3. The van der Waals surface area contributed by atoms with Gasteiger partial charge in [-0.3, -0.25) is 0 Å². The second-order valence-corrected chi connectivity index (χ2v) is 7.62. The Bertz CT molecular complexity index is 308. The van der Waals surface area contributed by atoms with Crippen molar-refractivity contribution in [3.8, 4) is 0 Å². The molecule has 0 spiro atoms. The molecule has 1 fully saturated rings. The highest BCUT2D eigenvalue weighted by Crippen LogP contribution is 2.12. The van der Waals surface area contributed by atoms with Gasteiger partial charge in [-0.2, -0.15) is 0 Å². The molecule has 1 atom stereocenters.